The van der Waals surface area contributed by atoms with Crippen LogP contribution in [0.4, 0.5) is 22.2 Å². The van der Waals surface area contributed by atoms with Gasteiger partial charge in [-0.2, -0.15) is 0 Å². The molecule has 0 radical (unpaired) electrons. The number of alkyl carbamates (subject to hydrolysis) is 1. The Morgan fingerprint density at radius 3 is 2.27 bits per heavy atom. The SMILES string of the molecule is Cc1c(NCC(NC(=O)OCc2ccccc2)C(=O)OC(C)(C)C)ncnc1N1CCC(c2cccc(NCc3ccccc3)n2)CC1. The highest BCUT2D eigenvalue weighted by Gasteiger charge is 2.29. The van der Waals surface area contributed by atoms with E-state index in [1.807, 2.05) is 61.5 Å². The van der Waals surface area contributed by atoms with Gasteiger partial charge < -0.3 is 30.3 Å². The lowest BCUT2D eigenvalue weighted by atomic mass is 9.93. The fraction of sp³-hybridized carbons (Fsp3) is 0.378. The number of carbonyl (C=O) groups is 2. The van der Waals surface area contributed by atoms with Crippen molar-refractivity contribution in [2.75, 3.05) is 35.2 Å². The van der Waals surface area contributed by atoms with Crippen LogP contribution < -0.4 is 20.9 Å². The molecule has 5 rings (SSSR count). The maximum absolute atomic E-state index is 13.1. The number of esters is 1. The van der Waals surface area contributed by atoms with E-state index in [0.717, 1.165) is 60.9 Å². The Bertz CT molecular complexity index is 1640. The second-order valence-electron chi connectivity index (χ2n) is 12.9. The average Bonchev–Trinajstić information content (AvgIpc) is 3.09. The highest BCUT2D eigenvalue weighted by molar-refractivity contribution is 5.82. The van der Waals surface area contributed by atoms with Crippen LogP contribution in [0, 0.1) is 6.92 Å². The normalized spacial score (nSPS) is 14.1. The van der Waals surface area contributed by atoms with Crippen LogP contribution in [0.5, 0.6) is 0 Å². The first kappa shape index (κ1) is 34.2. The number of amides is 1. The summed E-state index contributed by atoms with van der Waals surface area (Å²) in [4.78, 5) is 42.0. The summed E-state index contributed by atoms with van der Waals surface area (Å²) in [6, 6.07) is 24.8. The van der Waals surface area contributed by atoms with E-state index in [-0.39, 0.29) is 13.2 Å². The van der Waals surface area contributed by atoms with Crippen LogP contribution in [-0.4, -0.2) is 58.3 Å². The van der Waals surface area contributed by atoms with Gasteiger partial charge in [0.05, 0.1) is 0 Å². The first-order valence-corrected chi connectivity index (χ1v) is 16.4. The van der Waals surface area contributed by atoms with Gasteiger partial charge in [-0.1, -0.05) is 66.7 Å². The van der Waals surface area contributed by atoms with Crippen LogP contribution >= 0.6 is 0 Å². The summed E-state index contributed by atoms with van der Waals surface area (Å²) in [5.41, 5.74) is 3.27. The summed E-state index contributed by atoms with van der Waals surface area (Å²) in [5, 5.41) is 9.34. The van der Waals surface area contributed by atoms with Crippen LogP contribution in [0.2, 0.25) is 0 Å². The van der Waals surface area contributed by atoms with Gasteiger partial charge in [-0.25, -0.2) is 24.5 Å². The zero-order chi connectivity index (χ0) is 33.9. The van der Waals surface area contributed by atoms with Gasteiger partial charge in [0.1, 0.15) is 42.0 Å². The smallest absolute Gasteiger partial charge is 0.408 e. The molecule has 1 amide bonds. The maximum Gasteiger partial charge on any atom is 0.408 e. The fourth-order valence-corrected chi connectivity index (χ4v) is 5.56. The minimum atomic E-state index is -1.01. The summed E-state index contributed by atoms with van der Waals surface area (Å²) in [6.45, 7) is 9.80. The fourth-order valence-electron chi connectivity index (χ4n) is 5.56. The van der Waals surface area contributed by atoms with Crippen LogP contribution in [0.15, 0.2) is 85.2 Å². The maximum atomic E-state index is 13.1. The molecule has 1 aliphatic rings. The van der Waals surface area contributed by atoms with E-state index in [0.29, 0.717) is 11.7 Å². The second kappa shape index (κ2) is 16.1. The van der Waals surface area contributed by atoms with Crippen molar-refractivity contribution in [3.8, 4) is 0 Å². The topological polar surface area (TPSA) is 131 Å². The average molecular weight is 652 g/mol. The molecule has 48 heavy (non-hydrogen) atoms. The van der Waals surface area contributed by atoms with E-state index < -0.39 is 23.7 Å². The number of pyridine rings is 1. The quantitative estimate of drug-likeness (QED) is 0.152. The third kappa shape index (κ3) is 9.90. The molecule has 2 aromatic carbocycles. The van der Waals surface area contributed by atoms with Gasteiger partial charge in [0.25, 0.3) is 0 Å². The molecule has 3 heterocycles. The lowest BCUT2D eigenvalue weighted by Gasteiger charge is -2.33. The number of nitrogens with one attached hydrogen (secondary N) is 3. The van der Waals surface area contributed by atoms with Crippen molar-refractivity contribution < 1.29 is 19.1 Å². The van der Waals surface area contributed by atoms with Crippen molar-refractivity contribution in [1.82, 2.24) is 20.3 Å². The summed E-state index contributed by atoms with van der Waals surface area (Å²) in [5.74, 6) is 2.07. The number of aromatic nitrogens is 3. The summed E-state index contributed by atoms with van der Waals surface area (Å²) >= 11 is 0. The molecule has 0 saturated carbocycles. The van der Waals surface area contributed by atoms with E-state index >= 15 is 0 Å². The van der Waals surface area contributed by atoms with Gasteiger partial charge in [-0.15, -0.1) is 0 Å². The van der Waals surface area contributed by atoms with Crippen molar-refractivity contribution in [1.29, 1.82) is 0 Å². The van der Waals surface area contributed by atoms with Gasteiger partial charge in [0, 0.05) is 43.4 Å². The zero-order valence-electron chi connectivity index (χ0n) is 28.1. The monoisotopic (exact) mass is 651 g/mol. The number of anilines is 3. The predicted octanol–water partition coefficient (Wildman–Crippen LogP) is 6.22. The number of hydrogen-bond donors (Lipinski definition) is 3. The largest absolute Gasteiger partial charge is 0.458 e. The van der Waals surface area contributed by atoms with Crippen LogP contribution in [0.25, 0.3) is 0 Å². The molecule has 2 aromatic heterocycles. The third-order valence-electron chi connectivity index (χ3n) is 8.03. The van der Waals surface area contributed by atoms with Crippen molar-refractivity contribution >= 4 is 29.5 Å². The van der Waals surface area contributed by atoms with Crippen molar-refractivity contribution in [3.63, 3.8) is 0 Å². The Morgan fingerprint density at radius 2 is 1.58 bits per heavy atom. The molecule has 1 unspecified atom stereocenters. The summed E-state index contributed by atoms with van der Waals surface area (Å²) in [7, 11) is 0. The minimum absolute atomic E-state index is 0.0506. The molecule has 11 heteroatoms. The molecule has 0 spiro atoms. The van der Waals surface area contributed by atoms with E-state index in [1.54, 1.807) is 20.8 Å². The number of ether oxygens (including phenoxy) is 2. The minimum Gasteiger partial charge on any atom is -0.458 e. The zero-order valence-corrected chi connectivity index (χ0v) is 28.1. The third-order valence-corrected chi connectivity index (χ3v) is 8.03. The lowest BCUT2D eigenvalue weighted by molar-refractivity contribution is -0.156. The van der Waals surface area contributed by atoms with Gasteiger partial charge in [0.2, 0.25) is 0 Å². The highest BCUT2D eigenvalue weighted by Crippen LogP contribution is 2.32. The number of benzene rings is 2. The Kier molecular flexibility index (Phi) is 11.4. The molecule has 1 atom stereocenters. The van der Waals surface area contributed by atoms with E-state index in [9.17, 15) is 9.59 Å². The molecule has 3 N–H and O–H groups in total. The van der Waals surface area contributed by atoms with Crippen molar-refractivity contribution in [2.45, 2.75) is 71.2 Å². The van der Waals surface area contributed by atoms with Gasteiger partial charge in [-0.3, -0.25) is 0 Å². The number of carbonyl (C=O) groups excluding carboxylic acids is 2. The number of rotatable bonds is 12. The number of piperidine rings is 1. The lowest BCUT2D eigenvalue weighted by Crippen LogP contribution is -2.48. The van der Waals surface area contributed by atoms with Gasteiger partial charge in [0.15, 0.2) is 0 Å². The molecule has 11 nitrogen and oxygen atoms in total. The first-order valence-electron chi connectivity index (χ1n) is 16.4. The molecule has 0 bridgehead atoms. The number of nitrogens with zero attached hydrogens (tertiary/aromatic N) is 4. The Hall–Kier alpha value is -5.19. The Labute approximate surface area is 282 Å². The van der Waals surface area contributed by atoms with Crippen LogP contribution in [-0.2, 0) is 27.4 Å². The van der Waals surface area contributed by atoms with Crippen molar-refractivity contribution in [2.24, 2.45) is 0 Å². The predicted molar refractivity (Wildman–Crippen MR) is 187 cm³/mol. The Balaban J connectivity index is 1.18. The molecular formula is C37H45N7O4. The molecule has 4 aromatic rings. The molecule has 252 valence electrons. The van der Waals surface area contributed by atoms with Crippen LogP contribution in [0.3, 0.4) is 0 Å². The second-order valence-corrected chi connectivity index (χ2v) is 12.9. The van der Waals surface area contributed by atoms with Gasteiger partial charge >= 0.3 is 12.1 Å². The Morgan fingerprint density at radius 1 is 0.896 bits per heavy atom. The standard InChI is InChI=1S/C37H45N7O4/c1-26-33(39-23-31(35(45)48-37(2,3)4)43-36(46)47-24-28-14-9-6-10-15-28)40-25-41-34(26)44-20-18-29(19-21-44)30-16-11-17-32(42-30)38-22-27-12-7-5-8-13-27/h5-17,25,29,31H,18-24H2,1-4H3,(H,38,42)(H,43,46)(H,39,40,41). The van der Waals surface area contributed by atoms with E-state index in [4.69, 9.17) is 14.5 Å². The number of hydrogen-bond acceptors (Lipinski definition) is 10. The molecule has 1 fully saturated rings. The first-order chi connectivity index (χ1) is 23.1. The van der Waals surface area contributed by atoms with E-state index in [1.165, 1.54) is 11.9 Å². The van der Waals surface area contributed by atoms with Crippen molar-refractivity contribution in [3.05, 3.63) is 108 Å². The van der Waals surface area contributed by atoms with Gasteiger partial charge in [-0.05, 0) is 63.8 Å². The van der Waals surface area contributed by atoms with Crippen LogP contribution in [0.1, 0.15) is 61.9 Å². The molecule has 1 aliphatic heterocycles. The summed E-state index contributed by atoms with van der Waals surface area (Å²) in [6.07, 6.45) is 2.68. The highest BCUT2D eigenvalue weighted by atomic mass is 16.6. The molecular weight excluding hydrogens is 606 g/mol. The summed E-state index contributed by atoms with van der Waals surface area (Å²) < 4.78 is 11.0. The van der Waals surface area contributed by atoms with E-state index in [2.05, 4.69) is 55.1 Å². The molecule has 1 saturated heterocycles. The molecule has 0 aliphatic carbocycles.